The number of carbonyl (C=O) groups excluding carboxylic acids is 2. The van der Waals surface area contributed by atoms with Crippen molar-refractivity contribution in [1.29, 1.82) is 0 Å². The third kappa shape index (κ3) is 3.73. The Hall–Kier alpha value is -1.58. The fourth-order valence-corrected chi connectivity index (χ4v) is 1.97. The van der Waals surface area contributed by atoms with Gasteiger partial charge in [0.1, 0.15) is 12.2 Å². The highest BCUT2D eigenvalue weighted by atomic mass is 16.5. The zero-order chi connectivity index (χ0) is 13.0. The number of hydrogen-bond acceptors (Lipinski definition) is 4. The van der Waals surface area contributed by atoms with Crippen molar-refractivity contribution in [3.63, 3.8) is 0 Å². The molecule has 0 fully saturated rings. The van der Waals surface area contributed by atoms with Gasteiger partial charge in [-0.3, -0.25) is 9.59 Å². The Kier molecular flexibility index (Phi) is 4.49. The molecule has 0 aromatic rings. The molecule has 94 valence electrons. The van der Waals surface area contributed by atoms with Gasteiger partial charge in [-0.2, -0.15) is 0 Å². The predicted octanol–water partition coefficient (Wildman–Crippen LogP) is 2.15. The maximum absolute atomic E-state index is 10.9. The lowest BCUT2D eigenvalue weighted by Crippen LogP contribution is -2.20. The van der Waals surface area contributed by atoms with Crippen molar-refractivity contribution in [3.05, 3.63) is 23.3 Å². The maximum Gasteiger partial charge on any atom is 0.303 e. The van der Waals surface area contributed by atoms with Gasteiger partial charge in [-0.15, -0.1) is 0 Å². The van der Waals surface area contributed by atoms with Crippen LogP contribution in [0.2, 0.25) is 0 Å². The van der Waals surface area contributed by atoms with E-state index >= 15 is 0 Å². The number of ether oxygens (including phenoxy) is 2. The minimum atomic E-state index is -0.315. The van der Waals surface area contributed by atoms with Crippen LogP contribution in [0.25, 0.3) is 0 Å². The SMILES string of the molecule is CC(=O)O[C@@H](C)C1=C([C@H](C)OC(C)=O)CC=C1. The third-order valence-electron chi connectivity index (χ3n) is 2.62. The van der Waals surface area contributed by atoms with Crippen molar-refractivity contribution in [3.8, 4) is 0 Å². The summed E-state index contributed by atoms with van der Waals surface area (Å²) in [4.78, 5) is 21.8. The first-order valence-corrected chi connectivity index (χ1v) is 5.65. The largest absolute Gasteiger partial charge is 0.458 e. The molecule has 0 unspecified atom stereocenters. The molecule has 0 N–H and O–H groups in total. The lowest BCUT2D eigenvalue weighted by Gasteiger charge is -2.19. The third-order valence-corrected chi connectivity index (χ3v) is 2.62. The summed E-state index contributed by atoms with van der Waals surface area (Å²) in [5, 5.41) is 0. The fraction of sp³-hybridized carbons (Fsp3) is 0.538. The van der Waals surface area contributed by atoms with E-state index in [4.69, 9.17) is 9.47 Å². The summed E-state index contributed by atoms with van der Waals surface area (Å²) < 4.78 is 10.3. The minimum Gasteiger partial charge on any atom is -0.458 e. The topological polar surface area (TPSA) is 52.6 Å². The van der Waals surface area contributed by atoms with Crippen LogP contribution in [0.15, 0.2) is 23.3 Å². The second-order valence-electron chi connectivity index (χ2n) is 4.09. The van der Waals surface area contributed by atoms with Gasteiger partial charge in [0.25, 0.3) is 0 Å². The number of rotatable bonds is 4. The molecule has 17 heavy (non-hydrogen) atoms. The first kappa shape index (κ1) is 13.5. The Bertz CT molecular complexity index is 379. The number of hydrogen-bond donors (Lipinski definition) is 0. The monoisotopic (exact) mass is 238 g/mol. The highest BCUT2D eigenvalue weighted by Crippen LogP contribution is 2.27. The van der Waals surface area contributed by atoms with Crippen LogP contribution < -0.4 is 0 Å². The zero-order valence-electron chi connectivity index (χ0n) is 10.6. The zero-order valence-corrected chi connectivity index (χ0v) is 10.6. The van der Waals surface area contributed by atoms with Gasteiger partial charge in [-0.1, -0.05) is 12.2 Å². The number of carbonyl (C=O) groups is 2. The van der Waals surface area contributed by atoms with E-state index in [1.165, 1.54) is 13.8 Å². The van der Waals surface area contributed by atoms with Crippen LogP contribution in [-0.2, 0) is 19.1 Å². The summed E-state index contributed by atoms with van der Waals surface area (Å²) in [6.07, 6.45) is 4.04. The molecule has 0 radical (unpaired) electrons. The lowest BCUT2D eigenvalue weighted by atomic mass is 10.0. The van der Waals surface area contributed by atoms with Crippen molar-refractivity contribution >= 4 is 11.9 Å². The van der Waals surface area contributed by atoms with Crippen LogP contribution in [-0.4, -0.2) is 24.1 Å². The van der Waals surface area contributed by atoms with Crippen LogP contribution >= 0.6 is 0 Å². The number of allylic oxidation sites excluding steroid dienone is 1. The van der Waals surface area contributed by atoms with E-state index in [1.54, 1.807) is 0 Å². The molecule has 1 rings (SSSR count). The molecule has 0 bridgehead atoms. The van der Waals surface area contributed by atoms with Crippen molar-refractivity contribution in [2.75, 3.05) is 0 Å². The van der Waals surface area contributed by atoms with Gasteiger partial charge in [0.15, 0.2) is 0 Å². The molecule has 0 spiro atoms. The summed E-state index contributed by atoms with van der Waals surface area (Å²) in [5.41, 5.74) is 1.92. The van der Waals surface area contributed by atoms with Crippen LogP contribution in [0.5, 0.6) is 0 Å². The molecule has 0 saturated carbocycles. The molecule has 0 heterocycles. The van der Waals surface area contributed by atoms with Crippen molar-refractivity contribution < 1.29 is 19.1 Å². The summed E-state index contributed by atoms with van der Waals surface area (Å²) in [6.45, 7) is 6.40. The Labute approximate surface area is 101 Å². The van der Waals surface area contributed by atoms with E-state index in [2.05, 4.69) is 0 Å². The predicted molar refractivity (Wildman–Crippen MR) is 63.2 cm³/mol. The first-order valence-electron chi connectivity index (χ1n) is 5.65. The van der Waals surface area contributed by atoms with E-state index in [9.17, 15) is 9.59 Å². The quantitative estimate of drug-likeness (QED) is 0.704. The normalized spacial score (nSPS) is 17.9. The molecule has 0 amide bonds. The van der Waals surface area contributed by atoms with Gasteiger partial charge in [-0.25, -0.2) is 0 Å². The molecule has 2 atom stereocenters. The van der Waals surface area contributed by atoms with Gasteiger partial charge >= 0.3 is 11.9 Å². The van der Waals surface area contributed by atoms with Crippen LogP contribution in [0.1, 0.15) is 34.1 Å². The molecule has 4 heteroatoms. The summed E-state index contributed by atoms with van der Waals surface area (Å²) >= 11 is 0. The average molecular weight is 238 g/mol. The molecule has 4 nitrogen and oxygen atoms in total. The molecular formula is C13H18O4. The second-order valence-corrected chi connectivity index (χ2v) is 4.09. The van der Waals surface area contributed by atoms with Gasteiger partial charge < -0.3 is 9.47 Å². The fourth-order valence-electron chi connectivity index (χ4n) is 1.97. The highest BCUT2D eigenvalue weighted by molar-refractivity contribution is 5.67. The molecule has 1 aliphatic rings. The highest BCUT2D eigenvalue weighted by Gasteiger charge is 2.23. The Morgan fingerprint density at radius 3 is 2.18 bits per heavy atom. The molecule has 0 aliphatic heterocycles. The van der Waals surface area contributed by atoms with Crippen molar-refractivity contribution in [2.24, 2.45) is 0 Å². The summed E-state index contributed by atoms with van der Waals surface area (Å²) in [6, 6.07) is 0. The molecule has 0 aromatic heterocycles. The standard InChI is InChI=1S/C13H18O4/c1-8(16-10(3)14)12-6-5-7-13(12)9(2)17-11(4)15/h5-6,8-9H,7H2,1-4H3/t8-,9-/m0/s1. The van der Waals surface area contributed by atoms with Crippen LogP contribution in [0.3, 0.4) is 0 Å². The Morgan fingerprint density at radius 2 is 1.65 bits per heavy atom. The average Bonchev–Trinajstić information content (AvgIpc) is 2.63. The second kappa shape index (κ2) is 5.66. The minimum absolute atomic E-state index is 0.282. The summed E-state index contributed by atoms with van der Waals surface area (Å²) in [5.74, 6) is -0.624. The van der Waals surface area contributed by atoms with Crippen molar-refractivity contribution in [1.82, 2.24) is 0 Å². The maximum atomic E-state index is 10.9. The Balaban J connectivity index is 2.81. The van der Waals surface area contributed by atoms with Gasteiger partial charge in [0.2, 0.25) is 0 Å². The first-order chi connectivity index (χ1) is 7.91. The van der Waals surface area contributed by atoms with Gasteiger partial charge in [0.05, 0.1) is 0 Å². The smallest absolute Gasteiger partial charge is 0.303 e. The molecule has 0 aromatic carbocycles. The van der Waals surface area contributed by atoms with Crippen molar-refractivity contribution in [2.45, 2.75) is 46.3 Å². The summed E-state index contributed by atoms with van der Waals surface area (Å²) in [7, 11) is 0. The van der Waals surface area contributed by atoms with Gasteiger partial charge in [0, 0.05) is 13.8 Å². The molecular weight excluding hydrogens is 220 g/mol. The van der Waals surface area contributed by atoms with E-state index in [0.29, 0.717) is 0 Å². The molecule has 1 aliphatic carbocycles. The van der Waals surface area contributed by atoms with Gasteiger partial charge in [-0.05, 0) is 31.4 Å². The van der Waals surface area contributed by atoms with E-state index in [0.717, 1.165) is 17.6 Å². The van der Waals surface area contributed by atoms with E-state index in [-0.39, 0.29) is 24.1 Å². The Morgan fingerprint density at radius 1 is 1.12 bits per heavy atom. The molecule has 0 saturated heterocycles. The number of esters is 2. The van der Waals surface area contributed by atoms with Crippen LogP contribution in [0.4, 0.5) is 0 Å². The lowest BCUT2D eigenvalue weighted by molar-refractivity contribution is -0.145. The van der Waals surface area contributed by atoms with E-state index < -0.39 is 0 Å². The van der Waals surface area contributed by atoms with E-state index in [1.807, 2.05) is 26.0 Å². The van der Waals surface area contributed by atoms with Crippen LogP contribution in [0, 0.1) is 0 Å².